The molecule has 2 rings (SSSR count). The van der Waals surface area contributed by atoms with E-state index in [1.54, 1.807) is 24.3 Å². The third kappa shape index (κ3) is 4.29. The Hall–Kier alpha value is -3.42. The molecule has 0 heterocycles. The Bertz CT molecular complexity index is 762. The average molecular weight is 329 g/mol. The number of amides is 1. The Balaban J connectivity index is 2.21. The van der Waals surface area contributed by atoms with Gasteiger partial charge >= 0.3 is 5.97 Å². The topological polar surface area (TPSA) is 111 Å². The molecule has 2 N–H and O–H groups in total. The standard InChI is InChI=1S/C16H15N3O5/c1-24-15(20)10-17-16(21)11-7-8-13(14(9-11)19(22)23)18-12-5-3-2-4-6-12/h2-9,18H,10H2,1H3,(H,17,21). The molecule has 0 bridgehead atoms. The number of nitrogens with one attached hydrogen (secondary N) is 2. The average Bonchev–Trinajstić information content (AvgIpc) is 2.60. The van der Waals surface area contributed by atoms with Crippen molar-refractivity contribution < 1.29 is 19.2 Å². The maximum atomic E-state index is 11.9. The lowest BCUT2D eigenvalue weighted by Crippen LogP contribution is -2.30. The molecule has 0 spiro atoms. The Kier molecular flexibility index (Phi) is 5.45. The predicted molar refractivity (Wildman–Crippen MR) is 87.2 cm³/mol. The minimum Gasteiger partial charge on any atom is -0.468 e. The third-order valence-corrected chi connectivity index (χ3v) is 3.13. The van der Waals surface area contributed by atoms with Crippen molar-refractivity contribution in [3.05, 3.63) is 64.2 Å². The maximum Gasteiger partial charge on any atom is 0.325 e. The van der Waals surface area contributed by atoms with E-state index in [2.05, 4.69) is 15.4 Å². The molecule has 8 heteroatoms. The quantitative estimate of drug-likeness (QED) is 0.478. The molecule has 2 aromatic rings. The van der Waals surface area contributed by atoms with E-state index < -0.39 is 16.8 Å². The molecule has 2 aromatic carbocycles. The van der Waals surface area contributed by atoms with Gasteiger partial charge in [0.25, 0.3) is 11.6 Å². The SMILES string of the molecule is COC(=O)CNC(=O)c1ccc(Nc2ccccc2)c([N+](=O)[O-])c1. The zero-order chi connectivity index (χ0) is 17.5. The van der Waals surface area contributed by atoms with Crippen LogP contribution in [-0.4, -0.2) is 30.5 Å². The van der Waals surface area contributed by atoms with E-state index in [1.807, 2.05) is 6.07 Å². The highest BCUT2D eigenvalue weighted by molar-refractivity contribution is 5.97. The predicted octanol–water partition coefficient (Wildman–Crippen LogP) is 2.24. The van der Waals surface area contributed by atoms with Crippen molar-refractivity contribution in [3.63, 3.8) is 0 Å². The number of carbonyl (C=O) groups is 2. The van der Waals surface area contributed by atoms with Gasteiger partial charge in [0.05, 0.1) is 12.0 Å². The summed E-state index contributed by atoms with van der Waals surface area (Å²) in [6.07, 6.45) is 0. The molecule has 1 amide bonds. The molecule has 124 valence electrons. The zero-order valence-electron chi connectivity index (χ0n) is 12.8. The van der Waals surface area contributed by atoms with Gasteiger partial charge in [-0.25, -0.2) is 0 Å². The first-order valence-corrected chi connectivity index (χ1v) is 6.97. The van der Waals surface area contributed by atoms with Crippen LogP contribution in [-0.2, 0) is 9.53 Å². The number of para-hydroxylation sites is 1. The second-order valence-electron chi connectivity index (χ2n) is 4.74. The van der Waals surface area contributed by atoms with E-state index >= 15 is 0 Å². The Labute approximate surface area is 137 Å². The Morgan fingerprint density at radius 3 is 2.50 bits per heavy atom. The highest BCUT2D eigenvalue weighted by Crippen LogP contribution is 2.28. The van der Waals surface area contributed by atoms with Crippen LogP contribution in [0.3, 0.4) is 0 Å². The number of hydrogen-bond acceptors (Lipinski definition) is 6. The number of benzene rings is 2. The number of methoxy groups -OCH3 is 1. The van der Waals surface area contributed by atoms with E-state index in [9.17, 15) is 19.7 Å². The first-order valence-electron chi connectivity index (χ1n) is 6.97. The molecule has 0 fully saturated rings. The van der Waals surface area contributed by atoms with Crippen LogP contribution in [0.15, 0.2) is 48.5 Å². The van der Waals surface area contributed by atoms with Crippen LogP contribution in [0, 0.1) is 10.1 Å². The molecule has 0 saturated carbocycles. The second-order valence-corrected chi connectivity index (χ2v) is 4.74. The van der Waals surface area contributed by atoms with Gasteiger partial charge in [-0.1, -0.05) is 18.2 Å². The van der Waals surface area contributed by atoms with Gasteiger partial charge in [0.1, 0.15) is 12.2 Å². The summed E-state index contributed by atoms with van der Waals surface area (Å²) in [5, 5.41) is 16.5. The molecular formula is C16H15N3O5. The monoisotopic (exact) mass is 329 g/mol. The summed E-state index contributed by atoms with van der Waals surface area (Å²) < 4.78 is 4.41. The number of esters is 1. The van der Waals surface area contributed by atoms with Gasteiger partial charge in [-0.3, -0.25) is 19.7 Å². The van der Waals surface area contributed by atoms with Crippen molar-refractivity contribution in [2.75, 3.05) is 19.0 Å². The van der Waals surface area contributed by atoms with Crippen LogP contribution >= 0.6 is 0 Å². The lowest BCUT2D eigenvalue weighted by molar-refractivity contribution is -0.383. The summed E-state index contributed by atoms with van der Waals surface area (Å²) in [5.41, 5.74) is 0.771. The van der Waals surface area contributed by atoms with Gasteiger partial charge < -0.3 is 15.4 Å². The fraction of sp³-hybridized carbons (Fsp3) is 0.125. The van der Waals surface area contributed by atoms with Crippen LogP contribution in [0.25, 0.3) is 0 Å². The third-order valence-electron chi connectivity index (χ3n) is 3.13. The van der Waals surface area contributed by atoms with Gasteiger partial charge in [0, 0.05) is 17.3 Å². The molecular weight excluding hydrogens is 314 g/mol. The lowest BCUT2D eigenvalue weighted by Gasteiger charge is -2.09. The van der Waals surface area contributed by atoms with Crippen LogP contribution in [0.4, 0.5) is 17.1 Å². The van der Waals surface area contributed by atoms with Gasteiger partial charge in [0.15, 0.2) is 0 Å². The number of nitro benzene ring substituents is 1. The second kappa shape index (κ2) is 7.73. The fourth-order valence-corrected chi connectivity index (χ4v) is 1.93. The lowest BCUT2D eigenvalue weighted by atomic mass is 10.1. The Morgan fingerprint density at radius 2 is 1.88 bits per heavy atom. The molecule has 0 aromatic heterocycles. The van der Waals surface area contributed by atoms with E-state index in [4.69, 9.17) is 0 Å². The molecule has 0 aliphatic carbocycles. The van der Waals surface area contributed by atoms with Gasteiger partial charge in [0.2, 0.25) is 0 Å². The number of anilines is 2. The van der Waals surface area contributed by atoms with Crippen molar-refractivity contribution in [1.29, 1.82) is 0 Å². The van der Waals surface area contributed by atoms with Crippen LogP contribution in [0.1, 0.15) is 10.4 Å². The minimum atomic E-state index is -0.611. The highest BCUT2D eigenvalue weighted by Gasteiger charge is 2.18. The van der Waals surface area contributed by atoms with Gasteiger partial charge in [-0.15, -0.1) is 0 Å². The van der Waals surface area contributed by atoms with E-state index in [1.165, 1.54) is 19.2 Å². The smallest absolute Gasteiger partial charge is 0.325 e. The van der Waals surface area contributed by atoms with Gasteiger partial charge in [-0.2, -0.15) is 0 Å². The van der Waals surface area contributed by atoms with E-state index in [-0.39, 0.29) is 23.5 Å². The molecule has 0 unspecified atom stereocenters. The first-order chi connectivity index (χ1) is 11.5. The van der Waals surface area contributed by atoms with Crippen molar-refractivity contribution in [2.24, 2.45) is 0 Å². The van der Waals surface area contributed by atoms with Crippen molar-refractivity contribution in [1.82, 2.24) is 5.32 Å². The summed E-state index contributed by atoms with van der Waals surface area (Å²) in [6.45, 7) is -0.312. The highest BCUT2D eigenvalue weighted by atomic mass is 16.6. The number of ether oxygens (including phenoxy) is 1. The zero-order valence-corrected chi connectivity index (χ0v) is 12.8. The summed E-state index contributed by atoms with van der Waals surface area (Å²) in [6, 6.07) is 13.0. The van der Waals surface area contributed by atoms with Crippen LogP contribution in [0.2, 0.25) is 0 Å². The number of carbonyl (C=O) groups excluding carboxylic acids is 2. The first kappa shape index (κ1) is 16.9. The van der Waals surface area contributed by atoms with E-state index in [0.29, 0.717) is 5.69 Å². The molecule has 0 atom stereocenters. The largest absolute Gasteiger partial charge is 0.468 e. The van der Waals surface area contributed by atoms with Crippen molar-refractivity contribution >= 4 is 28.9 Å². The molecule has 0 saturated heterocycles. The van der Waals surface area contributed by atoms with Crippen LogP contribution in [0.5, 0.6) is 0 Å². The fourth-order valence-electron chi connectivity index (χ4n) is 1.93. The summed E-state index contributed by atoms with van der Waals surface area (Å²) in [4.78, 5) is 33.7. The van der Waals surface area contributed by atoms with Crippen molar-refractivity contribution in [3.8, 4) is 0 Å². The number of rotatable bonds is 6. The summed E-state index contributed by atoms with van der Waals surface area (Å²) in [7, 11) is 1.20. The normalized spacial score (nSPS) is 9.88. The number of nitrogens with zero attached hydrogens (tertiary/aromatic N) is 1. The molecule has 0 aliphatic heterocycles. The maximum absolute atomic E-state index is 11.9. The molecule has 0 aliphatic rings. The van der Waals surface area contributed by atoms with Crippen LogP contribution < -0.4 is 10.6 Å². The molecule has 0 radical (unpaired) electrons. The summed E-state index contributed by atoms with van der Waals surface area (Å²) in [5.74, 6) is -1.21. The number of hydrogen-bond donors (Lipinski definition) is 2. The minimum absolute atomic E-state index is 0.0733. The molecule has 8 nitrogen and oxygen atoms in total. The van der Waals surface area contributed by atoms with Gasteiger partial charge in [-0.05, 0) is 24.3 Å². The number of nitro groups is 1. The molecule has 24 heavy (non-hydrogen) atoms. The Morgan fingerprint density at radius 1 is 1.17 bits per heavy atom. The van der Waals surface area contributed by atoms with E-state index in [0.717, 1.165) is 6.07 Å². The summed E-state index contributed by atoms with van der Waals surface area (Å²) >= 11 is 0. The van der Waals surface area contributed by atoms with Crippen molar-refractivity contribution in [2.45, 2.75) is 0 Å².